The van der Waals surface area contributed by atoms with Crippen LogP contribution in [0.4, 0.5) is 0 Å². The highest BCUT2D eigenvalue weighted by molar-refractivity contribution is 7.97. The fraction of sp³-hybridized carbons (Fsp3) is 0.618. The third-order valence-corrected chi connectivity index (χ3v) is 10.0. The number of carbonyl (C=O) groups excluding carboxylic acids is 1. The van der Waals surface area contributed by atoms with E-state index in [4.69, 9.17) is 27.9 Å². The van der Waals surface area contributed by atoms with Gasteiger partial charge in [0.1, 0.15) is 0 Å². The summed E-state index contributed by atoms with van der Waals surface area (Å²) in [4.78, 5) is 18.0. The molecule has 0 radical (unpaired) electrons. The minimum absolute atomic E-state index is 0.0592. The standard InChI is InChI=1S/C22H33ClN2O2S.C6H5Cl.C6H13NO/c1-4-19(14-24(3)28-20-9-10-20)25-21(16-5-7-18(23)8-6-16)15(2)13-17(11-12-26)22(25)27;7-6-4-2-1-3-5-6;1-2-7-3-5-8-6-4-7/h5-8,15,17,19-21,26H,4,9-14H2,1-3H3;1-5H;2-6H2,1H3/t15-,17?,19?,21?;;/m0../s1. The molecule has 240 valence electrons. The number of aliphatic hydroxyl groups excluding tert-OH is 1. The van der Waals surface area contributed by atoms with Crippen LogP contribution >= 0.6 is 35.1 Å². The first-order valence-electron chi connectivity index (χ1n) is 15.8. The molecule has 43 heavy (non-hydrogen) atoms. The molecule has 0 aromatic heterocycles. The Morgan fingerprint density at radius 2 is 1.65 bits per heavy atom. The first-order valence-corrected chi connectivity index (χ1v) is 17.4. The van der Waals surface area contributed by atoms with Gasteiger partial charge in [0.25, 0.3) is 0 Å². The maximum absolute atomic E-state index is 13.5. The summed E-state index contributed by atoms with van der Waals surface area (Å²) in [6.07, 6.45) is 4.90. The van der Waals surface area contributed by atoms with Crippen molar-refractivity contribution in [2.75, 3.05) is 53.0 Å². The second kappa shape index (κ2) is 19.3. The Bertz CT molecular complexity index is 1050. The van der Waals surface area contributed by atoms with Crippen molar-refractivity contribution in [1.82, 2.24) is 14.1 Å². The Morgan fingerprint density at radius 1 is 1.02 bits per heavy atom. The Hall–Kier alpha value is -1.32. The van der Waals surface area contributed by atoms with Crippen molar-refractivity contribution in [1.29, 1.82) is 0 Å². The van der Waals surface area contributed by atoms with Crippen molar-refractivity contribution in [3.8, 4) is 0 Å². The van der Waals surface area contributed by atoms with E-state index >= 15 is 0 Å². The molecule has 2 aromatic carbocycles. The summed E-state index contributed by atoms with van der Waals surface area (Å²) >= 11 is 13.6. The van der Waals surface area contributed by atoms with Gasteiger partial charge >= 0.3 is 0 Å². The molecule has 1 aliphatic carbocycles. The van der Waals surface area contributed by atoms with E-state index < -0.39 is 0 Å². The number of benzene rings is 2. The van der Waals surface area contributed by atoms with Gasteiger partial charge in [0.05, 0.1) is 19.3 Å². The summed E-state index contributed by atoms with van der Waals surface area (Å²) in [5.41, 5.74) is 1.16. The number of halogens is 2. The monoisotopic (exact) mass is 651 g/mol. The van der Waals surface area contributed by atoms with E-state index in [-0.39, 0.29) is 30.5 Å². The van der Waals surface area contributed by atoms with Crippen molar-refractivity contribution in [2.45, 2.75) is 70.2 Å². The average molecular weight is 653 g/mol. The van der Waals surface area contributed by atoms with E-state index in [9.17, 15) is 9.90 Å². The minimum Gasteiger partial charge on any atom is -0.396 e. The molecule has 2 aliphatic heterocycles. The molecule has 0 spiro atoms. The van der Waals surface area contributed by atoms with Crippen molar-refractivity contribution < 1.29 is 14.6 Å². The normalized spacial score (nSPS) is 23.2. The van der Waals surface area contributed by atoms with E-state index in [1.54, 1.807) is 0 Å². The van der Waals surface area contributed by atoms with E-state index in [0.717, 1.165) is 66.5 Å². The highest BCUT2D eigenvalue weighted by Gasteiger charge is 2.43. The van der Waals surface area contributed by atoms with Crippen molar-refractivity contribution in [3.63, 3.8) is 0 Å². The Kier molecular flexibility index (Phi) is 16.2. The lowest BCUT2D eigenvalue weighted by atomic mass is 9.78. The number of amides is 1. The van der Waals surface area contributed by atoms with Crippen molar-refractivity contribution in [2.24, 2.45) is 11.8 Å². The van der Waals surface area contributed by atoms with E-state index in [1.165, 1.54) is 19.4 Å². The number of nitrogens with zero attached hydrogens (tertiary/aromatic N) is 3. The van der Waals surface area contributed by atoms with Gasteiger partial charge in [0.2, 0.25) is 5.91 Å². The van der Waals surface area contributed by atoms with E-state index in [0.29, 0.717) is 12.3 Å². The highest BCUT2D eigenvalue weighted by atomic mass is 35.5. The molecule has 9 heteroatoms. The quantitative estimate of drug-likeness (QED) is 0.269. The zero-order chi connectivity index (χ0) is 31.2. The first kappa shape index (κ1) is 36.2. The van der Waals surface area contributed by atoms with Gasteiger partial charge in [-0.25, -0.2) is 0 Å². The molecular formula is C34H51Cl2N3O3S. The zero-order valence-corrected chi connectivity index (χ0v) is 28.7. The molecule has 4 atom stereocenters. The number of piperidine rings is 1. The van der Waals surface area contributed by atoms with Crippen LogP contribution in [0.5, 0.6) is 0 Å². The molecule has 3 aliphatic rings. The molecule has 6 nitrogen and oxygen atoms in total. The summed E-state index contributed by atoms with van der Waals surface area (Å²) in [5.74, 6) is 0.452. The maximum atomic E-state index is 13.5. The fourth-order valence-electron chi connectivity index (χ4n) is 5.77. The van der Waals surface area contributed by atoms with Crippen LogP contribution in [0, 0.1) is 11.8 Å². The Labute approximate surface area is 274 Å². The largest absolute Gasteiger partial charge is 0.396 e. The topological polar surface area (TPSA) is 56.2 Å². The second-order valence-electron chi connectivity index (χ2n) is 11.7. The molecule has 2 aromatic rings. The molecule has 1 N–H and O–H groups in total. The molecule has 3 fully saturated rings. The molecule has 1 amide bonds. The molecule has 2 saturated heterocycles. The molecule has 1 saturated carbocycles. The zero-order valence-electron chi connectivity index (χ0n) is 26.3. The number of ether oxygens (including phenoxy) is 1. The van der Waals surface area contributed by atoms with Crippen molar-refractivity contribution in [3.05, 3.63) is 70.2 Å². The molecule has 3 unspecified atom stereocenters. The molecular weight excluding hydrogens is 601 g/mol. The van der Waals surface area contributed by atoms with Gasteiger partial charge in [-0.2, -0.15) is 0 Å². The Morgan fingerprint density at radius 3 is 2.14 bits per heavy atom. The van der Waals surface area contributed by atoms with Crippen LogP contribution in [-0.4, -0.2) is 89.5 Å². The van der Waals surface area contributed by atoms with Crippen LogP contribution in [0.25, 0.3) is 0 Å². The number of aliphatic hydroxyl groups is 1. The van der Waals surface area contributed by atoms with Gasteiger partial charge in [0.15, 0.2) is 0 Å². The SMILES string of the molecule is CCC(CN(C)SC1CC1)N1C(=O)C(CCO)C[C@H](C)C1c1ccc(Cl)cc1.CCN1CCOCC1.Clc1ccccc1. The average Bonchev–Trinajstić information content (AvgIpc) is 3.84. The number of likely N-dealkylation sites (N-methyl/N-ethyl adjacent to an activating group) is 2. The van der Waals surface area contributed by atoms with Crippen molar-refractivity contribution >= 4 is 41.1 Å². The number of rotatable bonds is 10. The number of hydrogen-bond donors (Lipinski definition) is 1. The number of carbonyl (C=O) groups is 1. The number of likely N-dealkylation sites (tertiary alicyclic amines) is 1. The van der Waals surface area contributed by atoms with Gasteiger partial charge in [-0.1, -0.05) is 86.3 Å². The van der Waals surface area contributed by atoms with Crippen LogP contribution in [-0.2, 0) is 9.53 Å². The summed E-state index contributed by atoms with van der Waals surface area (Å²) in [5, 5.41) is 11.7. The van der Waals surface area contributed by atoms with E-state index in [1.807, 2.05) is 54.4 Å². The summed E-state index contributed by atoms with van der Waals surface area (Å²) in [7, 11) is 2.14. The lowest BCUT2D eigenvalue weighted by Gasteiger charge is -2.48. The maximum Gasteiger partial charge on any atom is 0.226 e. The third kappa shape index (κ3) is 12.2. The number of morpholine rings is 1. The first-order chi connectivity index (χ1) is 20.8. The molecule has 5 rings (SSSR count). The van der Waals surface area contributed by atoms with Gasteiger partial charge in [-0.3, -0.25) is 14.0 Å². The molecule has 2 heterocycles. The second-order valence-corrected chi connectivity index (χ2v) is 14.1. The highest BCUT2D eigenvalue weighted by Crippen LogP contribution is 2.42. The summed E-state index contributed by atoms with van der Waals surface area (Å²) < 4.78 is 7.48. The van der Waals surface area contributed by atoms with Crippen LogP contribution in [0.2, 0.25) is 10.0 Å². The Balaban J connectivity index is 0.000000273. The van der Waals surface area contributed by atoms with Crippen LogP contribution < -0.4 is 0 Å². The van der Waals surface area contributed by atoms with Gasteiger partial charge in [-0.15, -0.1) is 0 Å². The third-order valence-electron chi connectivity index (χ3n) is 8.26. The fourth-order valence-corrected chi connectivity index (χ4v) is 7.15. The number of hydrogen-bond acceptors (Lipinski definition) is 6. The molecule has 0 bridgehead atoms. The van der Waals surface area contributed by atoms with Crippen LogP contribution in [0.1, 0.15) is 64.5 Å². The summed E-state index contributed by atoms with van der Waals surface area (Å²) in [6.45, 7) is 12.8. The van der Waals surface area contributed by atoms with Crippen LogP contribution in [0.15, 0.2) is 54.6 Å². The lowest BCUT2D eigenvalue weighted by molar-refractivity contribution is -0.149. The van der Waals surface area contributed by atoms with E-state index in [2.05, 4.69) is 54.1 Å². The van der Waals surface area contributed by atoms with Crippen LogP contribution in [0.3, 0.4) is 0 Å². The van der Waals surface area contributed by atoms with Gasteiger partial charge in [0, 0.05) is 53.5 Å². The minimum atomic E-state index is -0.0843. The predicted octanol–water partition coefficient (Wildman–Crippen LogP) is 7.45. The van der Waals surface area contributed by atoms with Gasteiger partial charge in [-0.05, 0) is 81.4 Å². The smallest absolute Gasteiger partial charge is 0.226 e. The van der Waals surface area contributed by atoms with Gasteiger partial charge < -0.3 is 14.7 Å². The predicted molar refractivity (Wildman–Crippen MR) is 182 cm³/mol. The lowest BCUT2D eigenvalue weighted by Crippen LogP contribution is -2.54. The summed E-state index contributed by atoms with van der Waals surface area (Å²) in [6, 6.07) is 17.6.